The number of benzene rings is 2. The highest BCUT2D eigenvalue weighted by molar-refractivity contribution is 5.90. The number of anilines is 1. The van der Waals surface area contributed by atoms with Crippen LogP contribution in [0.2, 0.25) is 0 Å². The minimum atomic E-state index is -0.372. The first-order valence-electron chi connectivity index (χ1n) is 9.13. The molecule has 5 nitrogen and oxygen atoms in total. The fourth-order valence-corrected chi connectivity index (χ4v) is 2.52. The van der Waals surface area contributed by atoms with Crippen LogP contribution in [0.5, 0.6) is 0 Å². The first kappa shape index (κ1) is 20.2. The van der Waals surface area contributed by atoms with Crippen LogP contribution >= 0.6 is 0 Å². The summed E-state index contributed by atoms with van der Waals surface area (Å²) in [6.45, 7) is 4.11. The van der Waals surface area contributed by atoms with Gasteiger partial charge in [-0.1, -0.05) is 42.5 Å². The molecule has 5 heteroatoms. The average molecular weight is 366 g/mol. The Morgan fingerprint density at radius 2 is 1.78 bits per heavy atom. The number of hydrogen-bond donors (Lipinski definition) is 2. The largest absolute Gasteiger partial charge is 0.463 e. The molecule has 0 saturated carbocycles. The van der Waals surface area contributed by atoms with Crippen molar-refractivity contribution >= 4 is 23.8 Å². The van der Waals surface area contributed by atoms with Crippen LogP contribution in [0.1, 0.15) is 31.4 Å². The minimum Gasteiger partial charge on any atom is -0.463 e. The molecule has 0 saturated heterocycles. The van der Waals surface area contributed by atoms with Crippen molar-refractivity contribution in [3.8, 4) is 0 Å². The van der Waals surface area contributed by atoms with Gasteiger partial charge in [0.05, 0.1) is 6.61 Å². The molecule has 2 amide bonds. The second-order valence-corrected chi connectivity index (χ2v) is 6.23. The van der Waals surface area contributed by atoms with E-state index in [1.807, 2.05) is 37.3 Å². The lowest BCUT2D eigenvalue weighted by Crippen LogP contribution is -2.36. The van der Waals surface area contributed by atoms with Crippen molar-refractivity contribution in [3.63, 3.8) is 0 Å². The first-order chi connectivity index (χ1) is 13.1. The van der Waals surface area contributed by atoms with Crippen LogP contribution in [0, 0.1) is 0 Å². The lowest BCUT2D eigenvalue weighted by atomic mass is 10.1. The van der Waals surface area contributed by atoms with E-state index in [0.717, 1.165) is 18.4 Å². The standard InChI is InChI=1S/C22H26N2O3/c1-3-27-21(25)16-13-19-11-14-20(15-12-19)24-22(26)23-17(2)9-10-18-7-5-4-6-8-18/h4-8,11-17H,3,9-10H2,1-2H3,(H2,23,24,26)/b16-13+. The van der Waals surface area contributed by atoms with E-state index in [1.165, 1.54) is 11.6 Å². The van der Waals surface area contributed by atoms with Gasteiger partial charge >= 0.3 is 12.0 Å². The van der Waals surface area contributed by atoms with E-state index in [2.05, 4.69) is 22.8 Å². The third-order valence-corrected chi connectivity index (χ3v) is 3.95. The van der Waals surface area contributed by atoms with E-state index in [0.29, 0.717) is 12.3 Å². The highest BCUT2D eigenvalue weighted by atomic mass is 16.5. The van der Waals surface area contributed by atoms with Crippen molar-refractivity contribution in [2.45, 2.75) is 32.7 Å². The molecule has 2 rings (SSSR count). The summed E-state index contributed by atoms with van der Waals surface area (Å²) < 4.78 is 4.83. The van der Waals surface area contributed by atoms with Gasteiger partial charge in [0, 0.05) is 17.8 Å². The Hall–Kier alpha value is -3.08. The van der Waals surface area contributed by atoms with Crippen molar-refractivity contribution in [1.29, 1.82) is 0 Å². The second-order valence-electron chi connectivity index (χ2n) is 6.23. The summed E-state index contributed by atoms with van der Waals surface area (Å²) in [6, 6.07) is 17.3. The number of rotatable bonds is 8. The normalized spacial score (nSPS) is 11.8. The molecule has 0 aliphatic carbocycles. The molecule has 0 aliphatic heterocycles. The van der Waals surface area contributed by atoms with Gasteiger partial charge in [0.15, 0.2) is 0 Å². The van der Waals surface area contributed by atoms with Crippen LogP contribution in [0.4, 0.5) is 10.5 Å². The number of amides is 2. The lowest BCUT2D eigenvalue weighted by Gasteiger charge is -2.14. The third kappa shape index (κ3) is 7.77. The molecule has 0 bridgehead atoms. The molecule has 0 aliphatic rings. The number of urea groups is 1. The molecular weight excluding hydrogens is 340 g/mol. The summed E-state index contributed by atoms with van der Waals surface area (Å²) >= 11 is 0. The second kappa shape index (κ2) is 10.8. The Bertz CT molecular complexity index is 755. The molecule has 0 aromatic heterocycles. The Balaban J connectivity index is 1.77. The summed E-state index contributed by atoms with van der Waals surface area (Å²) in [7, 11) is 0. The molecule has 0 heterocycles. The molecule has 2 N–H and O–H groups in total. The molecule has 0 fully saturated rings. The van der Waals surface area contributed by atoms with Gasteiger partial charge in [-0.25, -0.2) is 9.59 Å². The number of esters is 1. The molecule has 1 unspecified atom stereocenters. The quantitative estimate of drug-likeness (QED) is 0.537. The maximum Gasteiger partial charge on any atom is 0.330 e. The molecular formula is C22H26N2O3. The van der Waals surface area contributed by atoms with E-state index < -0.39 is 0 Å². The summed E-state index contributed by atoms with van der Waals surface area (Å²) in [5, 5.41) is 5.76. The number of carbonyl (C=O) groups is 2. The van der Waals surface area contributed by atoms with Gasteiger partial charge in [0.1, 0.15) is 0 Å². The minimum absolute atomic E-state index is 0.0667. The highest BCUT2D eigenvalue weighted by Crippen LogP contribution is 2.11. The summed E-state index contributed by atoms with van der Waals surface area (Å²) in [4.78, 5) is 23.4. The number of aryl methyl sites for hydroxylation is 1. The summed E-state index contributed by atoms with van der Waals surface area (Å²) in [5.41, 5.74) is 2.80. The predicted molar refractivity (Wildman–Crippen MR) is 108 cm³/mol. The van der Waals surface area contributed by atoms with Crippen LogP contribution in [0.15, 0.2) is 60.7 Å². The van der Waals surface area contributed by atoms with Gasteiger partial charge in [-0.2, -0.15) is 0 Å². The van der Waals surface area contributed by atoms with E-state index in [1.54, 1.807) is 25.1 Å². The number of nitrogens with one attached hydrogen (secondary N) is 2. The number of ether oxygens (including phenoxy) is 1. The van der Waals surface area contributed by atoms with Crippen LogP contribution < -0.4 is 10.6 Å². The molecule has 0 radical (unpaired) electrons. The molecule has 2 aromatic carbocycles. The van der Waals surface area contributed by atoms with E-state index >= 15 is 0 Å². The van der Waals surface area contributed by atoms with Crippen molar-refractivity contribution < 1.29 is 14.3 Å². The SMILES string of the molecule is CCOC(=O)/C=C/c1ccc(NC(=O)NC(C)CCc2ccccc2)cc1. The van der Waals surface area contributed by atoms with Crippen molar-refractivity contribution in [2.75, 3.05) is 11.9 Å². The van der Waals surface area contributed by atoms with Crippen molar-refractivity contribution in [3.05, 3.63) is 71.8 Å². The molecule has 0 spiro atoms. The van der Waals surface area contributed by atoms with Gasteiger partial charge in [-0.3, -0.25) is 0 Å². The smallest absolute Gasteiger partial charge is 0.330 e. The molecule has 2 aromatic rings. The highest BCUT2D eigenvalue weighted by Gasteiger charge is 2.07. The number of hydrogen-bond acceptors (Lipinski definition) is 3. The average Bonchev–Trinajstić information content (AvgIpc) is 2.67. The predicted octanol–water partition coefficient (Wildman–Crippen LogP) is 4.41. The van der Waals surface area contributed by atoms with Crippen LogP contribution in [-0.4, -0.2) is 24.6 Å². The van der Waals surface area contributed by atoms with Gasteiger partial charge < -0.3 is 15.4 Å². The van der Waals surface area contributed by atoms with Crippen molar-refractivity contribution in [1.82, 2.24) is 5.32 Å². The van der Waals surface area contributed by atoms with Crippen LogP contribution in [-0.2, 0) is 16.0 Å². The van der Waals surface area contributed by atoms with Crippen LogP contribution in [0.25, 0.3) is 6.08 Å². The Morgan fingerprint density at radius 1 is 1.07 bits per heavy atom. The van der Waals surface area contributed by atoms with E-state index in [4.69, 9.17) is 4.74 Å². The summed E-state index contributed by atoms with van der Waals surface area (Å²) in [5.74, 6) is -0.372. The fraction of sp³-hybridized carbons (Fsp3) is 0.273. The van der Waals surface area contributed by atoms with Gasteiger partial charge in [-0.15, -0.1) is 0 Å². The van der Waals surface area contributed by atoms with E-state index in [9.17, 15) is 9.59 Å². The monoisotopic (exact) mass is 366 g/mol. The van der Waals surface area contributed by atoms with Crippen LogP contribution in [0.3, 0.4) is 0 Å². The number of carbonyl (C=O) groups excluding carboxylic acids is 2. The van der Waals surface area contributed by atoms with E-state index in [-0.39, 0.29) is 18.0 Å². The zero-order valence-electron chi connectivity index (χ0n) is 15.8. The topological polar surface area (TPSA) is 67.4 Å². The Labute approximate surface area is 160 Å². The third-order valence-electron chi connectivity index (χ3n) is 3.95. The Morgan fingerprint density at radius 3 is 2.44 bits per heavy atom. The summed E-state index contributed by atoms with van der Waals surface area (Å²) in [6.07, 6.45) is 4.85. The zero-order valence-corrected chi connectivity index (χ0v) is 15.8. The molecule has 142 valence electrons. The fourth-order valence-electron chi connectivity index (χ4n) is 2.52. The molecule has 27 heavy (non-hydrogen) atoms. The lowest BCUT2D eigenvalue weighted by molar-refractivity contribution is -0.137. The van der Waals surface area contributed by atoms with Gasteiger partial charge in [0.2, 0.25) is 0 Å². The Kier molecular flexibility index (Phi) is 8.10. The van der Waals surface area contributed by atoms with Gasteiger partial charge in [-0.05, 0) is 56.0 Å². The van der Waals surface area contributed by atoms with Crippen molar-refractivity contribution in [2.24, 2.45) is 0 Å². The maximum atomic E-state index is 12.1. The van der Waals surface area contributed by atoms with Gasteiger partial charge in [0.25, 0.3) is 0 Å². The molecule has 1 atom stereocenters. The zero-order chi connectivity index (χ0) is 19.5. The maximum absolute atomic E-state index is 12.1. The first-order valence-corrected chi connectivity index (χ1v) is 9.13.